The first-order chi connectivity index (χ1) is 4.27. The summed E-state index contributed by atoms with van der Waals surface area (Å²) in [6.45, 7) is 0. The molecular weight excluding hydrogens is 137 g/mol. The van der Waals surface area contributed by atoms with E-state index in [1.54, 1.807) is 6.08 Å². The van der Waals surface area contributed by atoms with E-state index in [0.717, 1.165) is 6.42 Å². The van der Waals surface area contributed by atoms with Crippen LogP contribution in [0.2, 0.25) is 0 Å². The number of nitrogens with zero attached hydrogens (tertiary/aromatic N) is 1. The van der Waals surface area contributed by atoms with Crippen LogP contribution in [0, 0.1) is 0 Å². The van der Waals surface area contributed by atoms with Gasteiger partial charge in [-0.3, -0.25) is 4.57 Å². The lowest BCUT2D eigenvalue weighted by Gasteiger charge is -1.94. The first-order valence-electron chi connectivity index (χ1n) is 2.63. The quantitative estimate of drug-likeness (QED) is 0.317. The van der Waals surface area contributed by atoms with Crippen LogP contribution in [-0.4, -0.2) is 12.2 Å². The molecule has 3 nitrogen and oxygen atoms in total. The van der Waals surface area contributed by atoms with E-state index in [1.807, 2.05) is 0 Å². The van der Waals surface area contributed by atoms with Crippen molar-refractivity contribution in [3.8, 4) is 0 Å². The van der Waals surface area contributed by atoms with Crippen LogP contribution in [0.3, 0.4) is 0 Å². The van der Waals surface area contributed by atoms with Gasteiger partial charge in [0, 0.05) is 6.16 Å². The third-order valence-corrected chi connectivity index (χ3v) is 3.16. The van der Waals surface area contributed by atoms with E-state index in [2.05, 4.69) is 4.76 Å². The van der Waals surface area contributed by atoms with E-state index in [4.69, 9.17) is 0 Å². The van der Waals surface area contributed by atoms with Crippen LogP contribution >= 0.6 is 7.29 Å². The molecular formula is C5H6NO2P. The van der Waals surface area contributed by atoms with Gasteiger partial charge in [0.05, 0.1) is 0 Å². The molecule has 48 valence electrons. The summed E-state index contributed by atoms with van der Waals surface area (Å²) in [5, 5.41) is 0. The number of hydrogen-bond donors (Lipinski definition) is 0. The Morgan fingerprint density at radius 3 is 2.89 bits per heavy atom. The molecule has 0 aliphatic carbocycles. The van der Waals surface area contributed by atoms with Gasteiger partial charge in [0.15, 0.2) is 0 Å². The minimum atomic E-state index is -2.55. The van der Waals surface area contributed by atoms with Gasteiger partial charge < -0.3 is 0 Å². The molecule has 1 aliphatic rings. The zero-order valence-corrected chi connectivity index (χ0v) is 5.67. The summed E-state index contributed by atoms with van der Waals surface area (Å²) in [5.41, 5.74) is 0. The maximum absolute atomic E-state index is 11.1. The van der Waals surface area contributed by atoms with E-state index in [1.165, 1.54) is 11.9 Å². The maximum atomic E-state index is 11.1. The predicted molar refractivity (Wildman–Crippen MR) is 34.4 cm³/mol. The molecule has 0 radical (unpaired) electrons. The van der Waals surface area contributed by atoms with Gasteiger partial charge in [-0.1, -0.05) is 6.08 Å². The van der Waals surface area contributed by atoms with Crippen molar-refractivity contribution in [1.29, 1.82) is 0 Å². The second-order valence-electron chi connectivity index (χ2n) is 1.84. The summed E-state index contributed by atoms with van der Waals surface area (Å²) in [6.07, 6.45) is 4.36. The number of allylic oxidation sites excluding steroid dienone is 1. The zero-order valence-electron chi connectivity index (χ0n) is 4.78. The molecule has 1 heterocycles. The molecule has 0 bridgehead atoms. The summed E-state index contributed by atoms with van der Waals surface area (Å²) < 4.78 is 14.3. The molecule has 0 aromatic rings. The minimum Gasteiger partial charge on any atom is -0.293 e. The molecule has 1 aliphatic heterocycles. The standard InChI is InChI=1S/C5H6NO2P/c7-5-6-9(8)3-1-2-4-9/h1,3H,2,4H2. The Hall–Kier alpha value is -0.650. The highest BCUT2D eigenvalue weighted by Gasteiger charge is 2.19. The first kappa shape index (κ1) is 6.47. The van der Waals surface area contributed by atoms with Crippen LogP contribution in [-0.2, 0) is 9.36 Å². The number of carbonyl (C=O) groups excluding carboxylic acids is 1. The Balaban J connectivity index is 2.87. The lowest BCUT2D eigenvalue weighted by atomic mass is 10.5. The molecule has 1 rings (SSSR count). The molecule has 0 N–H and O–H groups in total. The van der Waals surface area contributed by atoms with Crippen molar-refractivity contribution >= 4 is 13.4 Å². The molecule has 0 saturated heterocycles. The predicted octanol–water partition coefficient (Wildman–Crippen LogP) is 1.52. The van der Waals surface area contributed by atoms with E-state index >= 15 is 0 Å². The van der Waals surface area contributed by atoms with Crippen molar-refractivity contribution in [3.05, 3.63) is 11.9 Å². The maximum Gasteiger partial charge on any atom is 0.242 e. The number of rotatable bonds is 1. The summed E-state index contributed by atoms with van der Waals surface area (Å²) in [7, 11) is -2.55. The Morgan fingerprint density at radius 2 is 2.44 bits per heavy atom. The smallest absolute Gasteiger partial charge is 0.242 e. The van der Waals surface area contributed by atoms with Crippen LogP contribution in [0.25, 0.3) is 0 Å². The molecule has 0 spiro atoms. The second kappa shape index (κ2) is 2.30. The van der Waals surface area contributed by atoms with Crippen LogP contribution in [0.15, 0.2) is 16.7 Å². The van der Waals surface area contributed by atoms with Crippen LogP contribution < -0.4 is 0 Å². The van der Waals surface area contributed by atoms with E-state index < -0.39 is 7.29 Å². The Labute approximate surface area is 52.9 Å². The second-order valence-corrected chi connectivity index (χ2v) is 4.30. The highest BCUT2D eigenvalue weighted by Crippen LogP contribution is 2.52. The summed E-state index contributed by atoms with van der Waals surface area (Å²) in [6, 6.07) is 0. The summed E-state index contributed by atoms with van der Waals surface area (Å²) in [5.74, 6) is 1.51. The fourth-order valence-electron chi connectivity index (χ4n) is 0.726. The van der Waals surface area contributed by atoms with Crippen molar-refractivity contribution in [2.45, 2.75) is 6.42 Å². The van der Waals surface area contributed by atoms with Crippen LogP contribution in [0.4, 0.5) is 0 Å². The van der Waals surface area contributed by atoms with Gasteiger partial charge in [-0.2, -0.15) is 0 Å². The SMILES string of the molecule is O=C=NP1(=O)C=CCC1. The van der Waals surface area contributed by atoms with Crippen LogP contribution in [0.5, 0.6) is 0 Å². The van der Waals surface area contributed by atoms with Gasteiger partial charge in [-0.25, -0.2) is 4.79 Å². The molecule has 0 amide bonds. The third kappa shape index (κ3) is 1.38. The monoisotopic (exact) mass is 143 g/mol. The van der Waals surface area contributed by atoms with Gasteiger partial charge in [-0.05, 0) is 12.2 Å². The molecule has 4 heteroatoms. The van der Waals surface area contributed by atoms with Crippen molar-refractivity contribution < 1.29 is 9.36 Å². The fraction of sp³-hybridized carbons (Fsp3) is 0.400. The fourth-order valence-corrected chi connectivity index (χ4v) is 2.18. The van der Waals surface area contributed by atoms with E-state index in [-0.39, 0.29) is 0 Å². The minimum absolute atomic E-state index is 0.502. The van der Waals surface area contributed by atoms with E-state index in [9.17, 15) is 9.36 Å². The van der Waals surface area contributed by atoms with Gasteiger partial charge in [0.2, 0.25) is 13.4 Å². The molecule has 0 aromatic heterocycles. The topological polar surface area (TPSA) is 46.5 Å². The summed E-state index contributed by atoms with van der Waals surface area (Å²) >= 11 is 0. The van der Waals surface area contributed by atoms with Crippen molar-refractivity contribution in [2.75, 3.05) is 6.16 Å². The third-order valence-electron chi connectivity index (χ3n) is 1.16. The largest absolute Gasteiger partial charge is 0.293 e. The molecule has 0 saturated carbocycles. The molecule has 9 heavy (non-hydrogen) atoms. The molecule has 1 atom stereocenters. The normalized spacial score (nSPS) is 32.0. The molecule has 0 fully saturated rings. The Kier molecular flexibility index (Phi) is 1.65. The van der Waals surface area contributed by atoms with Gasteiger partial charge >= 0.3 is 0 Å². The number of hydrogen-bond acceptors (Lipinski definition) is 2. The highest BCUT2D eigenvalue weighted by atomic mass is 31.2. The van der Waals surface area contributed by atoms with Gasteiger partial charge in [0.1, 0.15) is 0 Å². The lowest BCUT2D eigenvalue weighted by Crippen LogP contribution is -1.72. The van der Waals surface area contributed by atoms with Crippen molar-refractivity contribution in [1.82, 2.24) is 0 Å². The lowest BCUT2D eigenvalue weighted by molar-refractivity contribution is 0.563. The molecule has 1 unspecified atom stereocenters. The van der Waals surface area contributed by atoms with Crippen molar-refractivity contribution in [3.63, 3.8) is 0 Å². The van der Waals surface area contributed by atoms with Crippen LogP contribution in [0.1, 0.15) is 6.42 Å². The Morgan fingerprint density at radius 1 is 1.67 bits per heavy atom. The average molecular weight is 143 g/mol. The first-order valence-corrected chi connectivity index (χ1v) is 4.54. The van der Waals surface area contributed by atoms with Gasteiger partial charge in [-0.15, -0.1) is 4.76 Å². The van der Waals surface area contributed by atoms with Gasteiger partial charge in [0.25, 0.3) is 0 Å². The number of isocyanates is 1. The Bertz CT molecular complexity index is 227. The van der Waals surface area contributed by atoms with E-state index in [0.29, 0.717) is 6.16 Å². The highest BCUT2D eigenvalue weighted by molar-refractivity contribution is 7.66. The zero-order chi connectivity index (χ0) is 6.74. The molecule has 0 aromatic carbocycles. The summed E-state index contributed by atoms with van der Waals surface area (Å²) in [4.78, 5) is 9.67. The van der Waals surface area contributed by atoms with Crippen molar-refractivity contribution in [2.24, 2.45) is 4.76 Å². The average Bonchev–Trinajstić information content (AvgIpc) is 2.16.